The maximum absolute atomic E-state index is 6.07. The number of anilines is 1. The molecule has 3 nitrogen and oxygen atoms in total. The molecule has 20 heavy (non-hydrogen) atoms. The number of hydrogen-bond donors (Lipinski definition) is 1. The van der Waals surface area contributed by atoms with Crippen molar-refractivity contribution in [3.63, 3.8) is 0 Å². The highest BCUT2D eigenvalue weighted by Crippen LogP contribution is 2.34. The zero-order chi connectivity index (χ0) is 13.9. The Labute approximate surface area is 122 Å². The van der Waals surface area contributed by atoms with Crippen molar-refractivity contribution in [3.05, 3.63) is 66.1 Å². The molecule has 0 amide bonds. The summed E-state index contributed by atoms with van der Waals surface area (Å²) in [5, 5.41) is 0.321. The molecule has 2 heterocycles. The molecule has 3 rings (SSSR count). The molecular formula is C16H12ClN3. The Morgan fingerprint density at radius 1 is 0.900 bits per heavy atom. The molecule has 0 unspecified atom stereocenters. The van der Waals surface area contributed by atoms with Gasteiger partial charge in [-0.2, -0.15) is 0 Å². The molecule has 98 valence electrons. The first-order valence-corrected chi connectivity index (χ1v) is 6.55. The zero-order valence-corrected chi connectivity index (χ0v) is 11.4. The molecule has 0 aliphatic carbocycles. The summed E-state index contributed by atoms with van der Waals surface area (Å²) in [7, 11) is 0. The summed E-state index contributed by atoms with van der Waals surface area (Å²) >= 11 is 6.07. The van der Waals surface area contributed by atoms with Crippen molar-refractivity contribution >= 4 is 17.3 Å². The van der Waals surface area contributed by atoms with Gasteiger partial charge in [-0.25, -0.2) is 4.98 Å². The van der Waals surface area contributed by atoms with E-state index in [1.165, 1.54) is 0 Å². The Kier molecular flexibility index (Phi) is 3.35. The first-order chi connectivity index (χ1) is 9.75. The lowest BCUT2D eigenvalue weighted by atomic mass is 10.00. The fourth-order valence-corrected chi connectivity index (χ4v) is 2.21. The lowest BCUT2D eigenvalue weighted by Gasteiger charge is -2.11. The van der Waals surface area contributed by atoms with Crippen LogP contribution in [0.2, 0.25) is 5.15 Å². The van der Waals surface area contributed by atoms with Gasteiger partial charge in [-0.15, -0.1) is 0 Å². The van der Waals surface area contributed by atoms with E-state index in [2.05, 4.69) is 9.97 Å². The minimum atomic E-state index is 0.321. The second-order valence-electron chi connectivity index (χ2n) is 4.37. The average molecular weight is 282 g/mol. The smallest absolute Gasteiger partial charge is 0.152 e. The molecule has 0 saturated heterocycles. The van der Waals surface area contributed by atoms with E-state index in [1.54, 1.807) is 12.4 Å². The van der Waals surface area contributed by atoms with E-state index in [-0.39, 0.29) is 0 Å². The van der Waals surface area contributed by atoms with Gasteiger partial charge in [0.2, 0.25) is 0 Å². The van der Waals surface area contributed by atoms with E-state index in [0.29, 0.717) is 10.8 Å². The van der Waals surface area contributed by atoms with E-state index >= 15 is 0 Å². The van der Waals surface area contributed by atoms with Crippen LogP contribution in [0.5, 0.6) is 0 Å². The molecule has 1 aromatic carbocycles. The molecule has 0 aliphatic rings. The van der Waals surface area contributed by atoms with Gasteiger partial charge in [0.15, 0.2) is 5.15 Å². The van der Waals surface area contributed by atoms with E-state index in [4.69, 9.17) is 17.3 Å². The van der Waals surface area contributed by atoms with Crippen molar-refractivity contribution in [2.24, 2.45) is 0 Å². The Balaban J connectivity index is 2.26. The van der Waals surface area contributed by atoms with Crippen LogP contribution in [0, 0.1) is 0 Å². The van der Waals surface area contributed by atoms with Crippen molar-refractivity contribution in [2.75, 3.05) is 5.73 Å². The molecule has 4 heteroatoms. The first-order valence-electron chi connectivity index (χ1n) is 6.17. The highest BCUT2D eigenvalue weighted by Gasteiger charge is 2.12. The van der Waals surface area contributed by atoms with Crippen LogP contribution in [0.15, 0.2) is 60.9 Å². The van der Waals surface area contributed by atoms with Crippen LogP contribution >= 0.6 is 11.6 Å². The maximum Gasteiger partial charge on any atom is 0.152 e. The summed E-state index contributed by atoms with van der Waals surface area (Å²) in [5.74, 6) is 0. The number of aromatic nitrogens is 2. The molecule has 0 atom stereocenters. The highest BCUT2D eigenvalue weighted by atomic mass is 35.5. The SMILES string of the molecule is Nc1cc(-c2ccncc2)c(-c2ccccc2)nc1Cl. The number of hydrogen-bond acceptors (Lipinski definition) is 3. The largest absolute Gasteiger partial charge is 0.396 e. The van der Waals surface area contributed by atoms with Crippen molar-refractivity contribution in [1.29, 1.82) is 0 Å². The molecule has 0 bridgehead atoms. The van der Waals surface area contributed by atoms with Crippen molar-refractivity contribution < 1.29 is 0 Å². The van der Waals surface area contributed by atoms with Crippen molar-refractivity contribution in [3.8, 4) is 22.4 Å². The quantitative estimate of drug-likeness (QED) is 0.721. The molecule has 0 aliphatic heterocycles. The Hall–Kier alpha value is -2.39. The van der Waals surface area contributed by atoms with Crippen LogP contribution in [0.25, 0.3) is 22.4 Å². The van der Waals surface area contributed by atoms with Crippen LogP contribution < -0.4 is 5.73 Å². The predicted molar refractivity (Wildman–Crippen MR) is 82.3 cm³/mol. The third-order valence-corrected chi connectivity index (χ3v) is 3.34. The second kappa shape index (κ2) is 5.31. The maximum atomic E-state index is 6.07. The summed E-state index contributed by atoms with van der Waals surface area (Å²) in [6.45, 7) is 0. The van der Waals surface area contributed by atoms with E-state index in [1.807, 2.05) is 48.5 Å². The normalized spacial score (nSPS) is 10.4. The lowest BCUT2D eigenvalue weighted by molar-refractivity contribution is 1.30. The molecule has 0 fully saturated rings. The standard InChI is InChI=1S/C16H12ClN3/c17-16-14(18)10-13(11-6-8-19-9-7-11)15(20-16)12-4-2-1-3-5-12/h1-10H,18H2. The van der Waals surface area contributed by atoms with Gasteiger partial charge in [-0.1, -0.05) is 41.9 Å². The van der Waals surface area contributed by atoms with Gasteiger partial charge >= 0.3 is 0 Å². The minimum Gasteiger partial charge on any atom is -0.396 e. The van der Waals surface area contributed by atoms with Gasteiger partial charge in [-0.05, 0) is 23.8 Å². The molecular weight excluding hydrogens is 270 g/mol. The number of nitrogen functional groups attached to an aromatic ring is 1. The molecule has 2 aromatic heterocycles. The van der Waals surface area contributed by atoms with Gasteiger partial charge in [0.25, 0.3) is 0 Å². The number of halogens is 1. The number of benzene rings is 1. The molecule has 0 radical (unpaired) electrons. The zero-order valence-electron chi connectivity index (χ0n) is 10.6. The number of pyridine rings is 2. The summed E-state index contributed by atoms with van der Waals surface area (Å²) in [6, 6.07) is 15.6. The number of nitrogens with two attached hydrogens (primary N) is 1. The van der Waals surface area contributed by atoms with E-state index in [9.17, 15) is 0 Å². The van der Waals surface area contributed by atoms with Crippen LogP contribution in [0.4, 0.5) is 5.69 Å². The van der Waals surface area contributed by atoms with Gasteiger partial charge in [-0.3, -0.25) is 4.98 Å². The predicted octanol–water partition coefficient (Wildman–Crippen LogP) is 4.05. The van der Waals surface area contributed by atoms with Gasteiger partial charge in [0, 0.05) is 23.5 Å². The summed E-state index contributed by atoms with van der Waals surface area (Å²) < 4.78 is 0. The van der Waals surface area contributed by atoms with Crippen LogP contribution in [-0.2, 0) is 0 Å². The molecule has 2 N–H and O–H groups in total. The topological polar surface area (TPSA) is 51.8 Å². The van der Waals surface area contributed by atoms with Crippen molar-refractivity contribution in [1.82, 2.24) is 9.97 Å². The first kappa shape index (κ1) is 12.6. The summed E-state index contributed by atoms with van der Waals surface area (Å²) in [6.07, 6.45) is 3.49. The van der Waals surface area contributed by atoms with Crippen LogP contribution in [-0.4, -0.2) is 9.97 Å². The number of rotatable bonds is 2. The third kappa shape index (κ3) is 2.36. The average Bonchev–Trinajstić information content (AvgIpc) is 2.51. The van der Waals surface area contributed by atoms with Crippen LogP contribution in [0.1, 0.15) is 0 Å². The van der Waals surface area contributed by atoms with Gasteiger partial charge < -0.3 is 5.73 Å². The van der Waals surface area contributed by atoms with E-state index in [0.717, 1.165) is 22.4 Å². The molecule has 3 aromatic rings. The van der Waals surface area contributed by atoms with Crippen molar-refractivity contribution in [2.45, 2.75) is 0 Å². The highest BCUT2D eigenvalue weighted by molar-refractivity contribution is 6.32. The summed E-state index contributed by atoms with van der Waals surface area (Å²) in [5.41, 5.74) is 10.1. The Morgan fingerprint density at radius 3 is 2.30 bits per heavy atom. The van der Waals surface area contributed by atoms with E-state index < -0.39 is 0 Å². The van der Waals surface area contributed by atoms with Crippen LogP contribution in [0.3, 0.4) is 0 Å². The molecule has 0 spiro atoms. The molecule has 0 saturated carbocycles. The lowest BCUT2D eigenvalue weighted by Crippen LogP contribution is -1.95. The monoisotopic (exact) mass is 281 g/mol. The third-order valence-electron chi connectivity index (χ3n) is 3.04. The summed E-state index contributed by atoms with van der Waals surface area (Å²) in [4.78, 5) is 8.47. The second-order valence-corrected chi connectivity index (χ2v) is 4.72. The Bertz CT molecular complexity index is 663. The fraction of sp³-hybridized carbons (Fsp3) is 0. The minimum absolute atomic E-state index is 0.321. The Morgan fingerprint density at radius 2 is 1.60 bits per heavy atom. The fourth-order valence-electron chi connectivity index (χ4n) is 2.07. The van der Waals surface area contributed by atoms with Gasteiger partial charge in [0.05, 0.1) is 11.4 Å². The van der Waals surface area contributed by atoms with Gasteiger partial charge in [0.1, 0.15) is 0 Å². The number of nitrogens with zero attached hydrogens (tertiary/aromatic N) is 2.